The van der Waals surface area contributed by atoms with Crippen molar-refractivity contribution in [2.24, 2.45) is 0 Å². The number of amides is 1. The molecule has 22 heavy (non-hydrogen) atoms. The van der Waals surface area contributed by atoms with E-state index in [9.17, 15) is 18.0 Å². The quantitative estimate of drug-likeness (QED) is 0.840. The number of aryl methyl sites for hydroxylation is 1. The average Bonchev–Trinajstić information content (AvgIpc) is 2.82. The standard InChI is InChI=1S/C15H14F3NO2S/c1-10-7-8-22-13(10)9-19(2)14(20)11-3-5-12(6-4-11)21-15(16,17)18/h3-8H,9H2,1-2H3. The van der Waals surface area contributed by atoms with Gasteiger partial charge in [0, 0.05) is 17.5 Å². The Morgan fingerprint density at radius 3 is 2.36 bits per heavy atom. The van der Waals surface area contributed by atoms with Gasteiger partial charge in [-0.3, -0.25) is 4.79 Å². The molecule has 2 rings (SSSR count). The molecule has 0 aliphatic heterocycles. The number of carbonyl (C=O) groups excluding carboxylic acids is 1. The maximum Gasteiger partial charge on any atom is 0.573 e. The number of thiophene rings is 1. The topological polar surface area (TPSA) is 29.5 Å². The van der Waals surface area contributed by atoms with Crippen molar-refractivity contribution in [3.63, 3.8) is 0 Å². The number of halogens is 3. The summed E-state index contributed by atoms with van der Waals surface area (Å²) in [5.41, 5.74) is 1.42. The van der Waals surface area contributed by atoms with E-state index in [0.29, 0.717) is 12.1 Å². The largest absolute Gasteiger partial charge is 0.573 e. The Morgan fingerprint density at radius 2 is 1.86 bits per heavy atom. The van der Waals surface area contributed by atoms with E-state index in [4.69, 9.17) is 0 Å². The highest BCUT2D eigenvalue weighted by Crippen LogP contribution is 2.23. The summed E-state index contributed by atoms with van der Waals surface area (Å²) in [5, 5.41) is 1.95. The number of rotatable bonds is 4. The van der Waals surface area contributed by atoms with Gasteiger partial charge in [0.05, 0.1) is 6.54 Å². The number of hydrogen-bond donors (Lipinski definition) is 0. The third-order valence-electron chi connectivity index (χ3n) is 3.03. The predicted octanol–water partition coefficient (Wildman–Crippen LogP) is 4.23. The van der Waals surface area contributed by atoms with E-state index < -0.39 is 6.36 Å². The number of ether oxygens (including phenoxy) is 1. The van der Waals surface area contributed by atoms with Crippen LogP contribution in [0.2, 0.25) is 0 Å². The molecule has 0 radical (unpaired) electrons. The van der Waals surface area contributed by atoms with Crippen LogP contribution in [0.25, 0.3) is 0 Å². The van der Waals surface area contributed by atoms with E-state index >= 15 is 0 Å². The summed E-state index contributed by atoms with van der Waals surface area (Å²) in [4.78, 5) is 14.8. The molecule has 2 aromatic rings. The van der Waals surface area contributed by atoms with Gasteiger partial charge in [-0.25, -0.2) is 0 Å². The van der Waals surface area contributed by atoms with Gasteiger partial charge in [0.25, 0.3) is 5.91 Å². The van der Waals surface area contributed by atoms with Gasteiger partial charge >= 0.3 is 6.36 Å². The summed E-state index contributed by atoms with van der Waals surface area (Å²) in [7, 11) is 1.65. The zero-order valence-corrected chi connectivity index (χ0v) is 12.8. The van der Waals surface area contributed by atoms with Gasteiger partial charge in [0.1, 0.15) is 5.75 Å². The Bertz CT molecular complexity index is 650. The van der Waals surface area contributed by atoms with Gasteiger partial charge in [0.15, 0.2) is 0 Å². The van der Waals surface area contributed by atoms with Gasteiger partial charge < -0.3 is 9.64 Å². The van der Waals surface area contributed by atoms with E-state index in [1.54, 1.807) is 18.4 Å². The van der Waals surface area contributed by atoms with E-state index in [2.05, 4.69) is 4.74 Å². The molecule has 0 aliphatic rings. The smallest absolute Gasteiger partial charge is 0.406 e. The van der Waals surface area contributed by atoms with Crippen LogP contribution in [0, 0.1) is 6.92 Å². The monoisotopic (exact) mass is 329 g/mol. The predicted molar refractivity (Wildman–Crippen MR) is 78.0 cm³/mol. The summed E-state index contributed by atoms with van der Waals surface area (Å²) in [6, 6.07) is 6.87. The number of benzene rings is 1. The first-order valence-electron chi connectivity index (χ1n) is 6.40. The molecule has 1 heterocycles. The lowest BCUT2D eigenvalue weighted by Crippen LogP contribution is -2.26. The molecule has 0 aliphatic carbocycles. The van der Waals surface area contributed by atoms with Gasteiger partial charge in [-0.1, -0.05) is 0 Å². The van der Waals surface area contributed by atoms with Crippen LogP contribution in [0.1, 0.15) is 20.8 Å². The Balaban J connectivity index is 2.04. The first-order chi connectivity index (χ1) is 10.3. The van der Waals surface area contributed by atoms with Gasteiger partial charge in [0.2, 0.25) is 0 Å². The van der Waals surface area contributed by atoms with Crippen LogP contribution in [0.3, 0.4) is 0 Å². The number of alkyl halides is 3. The maximum atomic E-state index is 12.2. The maximum absolute atomic E-state index is 12.2. The van der Waals surface area contributed by atoms with Crippen molar-refractivity contribution < 1.29 is 22.7 Å². The molecule has 0 atom stereocenters. The lowest BCUT2D eigenvalue weighted by Gasteiger charge is -2.17. The van der Waals surface area contributed by atoms with Crippen molar-refractivity contribution in [3.05, 3.63) is 51.7 Å². The van der Waals surface area contributed by atoms with Crippen LogP contribution < -0.4 is 4.74 Å². The van der Waals surface area contributed by atoms with Crippen LogP contribution in [0.4, 0.5) is 13.2 Å². The van der Waals surface area contributed by atoms with Crippen molar-refractivity contribution in [1.82, 2.24) is 4.90 Å². The Labute approximate surface area is 129 Å². The minimum atomic E-state index is -4.74. The molecule has 0 saturated heterocycles. The zero-order valence-electron chi connectivity index (χ0n) is 12.0. The Kier molecular flexibility index (Phi) is 4.75. The van der Waals surface area contributed by atoms with Crippen molar-refractivity contribution in [2.45, 2.75) is 19.8 Å². The number of nitrogens with zero attached hydrogens (tertiary/aromatic N) is 1. The van der Waals surface area contributed by atoms with E-state index in [-0.39, 0.29) is 11.7 Å². The molecule has 0 bridgehead atoms. The fourth-order valence-electron chi connectivity index (χ4n) is 1.87. The van der Waals surface area contributed by atoms with Crippen LogP contribution in [-0.2, 0) is 6.54 Å². The minimum absolute atomic E-state index is 0.258. The molecule has 3 nitrogen and oxygen atoms in total. The van der Waals surface area contributed by atoms with E-state index in [0.717, 1.165) is 22.6 Å². The second-order valence-corrected chi connectivity index (χ2v) is 5.76. The van der Waals surface area contributed by atoms with Crippen molar-refractivity contribution >= 4 is 17.2 Å². The molecule has 0 unspecified atom stereocenters. The summed E-state index contributed by atoms with van der Waals surface area (Å²) >= 11 is 1.56. The molecule has 0 fully saturated rings. The fourth-order valence-corrected chi connectivity index (χ4v) is 2.83. The zero-order chi connectivity index (χ0) is 16.3. The number of hydrogen-bond acceptors (Lipinski definition) is 3. The summed E-state index contributed by atoms with van der Waals surface area (Å²) in [6.45, 7) is 2.43. The lowest BCUT2D eigenvalue weighted by atomic mass is 10.2. The molecule has 0 N–H and O–H groups in total. The molecule has 0 saturated carbocycles. The summed E-state index contributed by atoms with van der Waals surface area (Å²) in [6.07, 6.45) is -4.74. The highest BCUT2D eigenvalue weighted by atomic mass is 32.1. The fraction of sp³-hybridized carbons (Fsp3) is 0.267. The van der Waals surface area contributed by atoms with Gasteiger partial charge in [-0.15, -0.1) is 24.5 Å². The molecule has 0 spiro atoms. The molecule has 7 heteroatoms. The minimum Gasteiger partial charge on any atom is -0.406 e. The summed E-state index contributed by atoms with van der Waals surface area (Å²) < 4.78 is 40.0. The third kappa shape index (κ3) is 4.24. The van der Waals surface area contributed by atoms with Gasteiger partial charge in [-0.2, -0.15) is 0 Å². The van der Waals surface area contributed by atoms with Crippen LogP contribution in [-0.4, -0.2) is 24.2 Å². The lowest BCUT2D eigenvalue weighted by molar-refractivity contribution is -0.274. The van der Waals surface area contributed by atoms with Crippen LogP contribution in [0.5, 0.6) is 5.75 Å². The van der Waals surface area contributed by atoms with Crippen molar-refractivity contribution in [2.75, 3.05) is 7.05 Å². The second-order valence-electron chi connectivity index (χ2n) is 4.76. The van der Waals surface area contributed by atoms with Crippen molar-refractivity contribution in [1.29, 1.82) is 0 Å². The SMILES string of the molecule is Cc1ccsc1CN(C)C(=O)c1ccc(OC(F)(F)F)cc1. The van der Waals surface area contributed by atoms with Crippen LogP contribution in [0.15, 0.2) is 35.7 Å². The average molecular weight is 329 g/mol. The third-order valence-corrected chi connectivity index (χ3v) is 4.04. The summed E-state index contributed by atoms with van der Waals surface area (Å²) in [5.74, 6) is -0.604. The Morgan fingerprint density at radius 1 is 1.23 bits per heavy atom. The number of carbonyl (C=O) groups is 1. The molecular weight excluding hydrogens is 315 g/mol. The highest BCUT2D eigenvalue weighted by Gasteiger charge is 2.31. The second kappa shape index (κ2) is 6.39. The molecular formula is C15H14F3NO2S. The first-order valence-corrected chi connectivity index (χ1v) is 7.28. The van der Waals surface area contributed by atoms with E-state index in [1.165, 1.54) is 17.0 Å². The normalized spacial score (nSPS) is 11.3. The first kappa shape index (κ1) is 16.4. The molecule has 1 aromatic carbocycles. The van der Waals surface area contributed by atoms with Crippen molar-refractivity contribution in [3.8, 4) is 5.75 Å². The highest BCUT2D eigenvalue weighted by molar-refractivity contribution is 7.10. The molecule has 118 valence electrons. The van der Waals surface area contributed by atoms with Gasteiger partial charge in [-0.05, 0) is 48.2 Å². The van der Waals surface area contributed by atoms with E-state index in [1.807, 2.05) is 18.4 Å². The molecule has 1 amide bonds. The Hall–Kier alpha value is -2.02. The van der Waals surface area contributed by atoms with Crippen LogP contribution >= 0.6 is 11.3 Å². The molecule has 1 aromatic heterocycles.